The molecule has 1 unspecified atom stereocenters. The number of hydrogen-bond acceptors (Lipinski definition) is 7. The molecule has 1 N–H and O–H groups in total. The topological polar surface area (TPSA) is 80.1 Å². The molecule has 2 fully saturated rings. The smallest absolute Gasteiger partial charge is 0.251 e. The van der Waals surface area contributed by atoms with Crippen molar-refractivity contribution in [1.82, 2.24) is 20.3 Å². The number of carbonyl (C=O) groups excluding carboxylic acids is 1. The van der Waals surface area contributed by atoms with Crippen LogP contribution in [0.3, 0.4) is 0 Å². The minimum Gasteiger partial charge on any atom is -0.497 e. The van der Waals surface area contributed by atoms with Gasteiger partial charge in [0.25, 0.3) is 5.91 Å². The molecule has 1 aromatic heterocycles. The summed E-state index contributed by atoms with van der Waals surface area (Å²) in [5, 5.41) is 7.35. The number of likely N-dealkylation sites (tertiary alicyclic amines) is 2. The Balaban J connectivity index is 0.00000181. The zero-order chi connectivity index (χ0) is 28.3. The van der Waals surface area contributed by atoms with E-state index < -0.39 is 0 Å². The van der Waals surface area contributed by atoms with Gasteiger partial charge in [-0.15, -0.1) is 0 Å². The quantitative estimate of drug-likeness (QED) is 0.352. The van der Waals surface area contributed by atoms with Gasteiger partial charge in [0, 0.05) is 49.4 Å². The average Bonchev–Trinajstić information content (AvgIpc) is 3.64. The maximum absolute atomic E-state index is 12.7. The van der Waals surface area contributed by atoms with Gasteiger partial charge in [-0.3, -0.25) is 9.69 Å². The highest BCUT2D eigenvalue weighted by Crippen LogP contribution is 2.25. The summed E-state index contributed by atoms with van der Waals surface area (Å²) in [5.74, 6) is 2.30. The molecule has 1 amide bonds. The first-order valence-corrected chi connectivity index (χ1v) is 14.6. The number of methoxy groups -OCH3 is 1. The number of rotatable bonds is 10. The van der Waals surface area contributed by atoms with Crippen molar-refractivity contribution in [2.75, 3.05) is 40.3 Å². The molecule has 0 spiro atoms. The van der Waals surface area contributed by atoms with Gasteiger partial charge in [-0.25, -0.2) is 0 Å². The van der Waals surface area contributed by atoms with Crippen molar-refractivity contribution < 1.29 is 18.8 Å². The van der Waals surface area contributed by atoms with Crippen LogP contribution < -0.4 is 14.8 Å². The highest BCUT2D eigenvalue weighted by molar-refractivity contribution is 5.94. The first-order chi connectivity index (χ1) is 19.6. The van der Waals surface area contributed by atoms with Gasteiger partial charge in [-0.1, -0.05) is 25.1 Å². The Kier molecular flexibility index (Phi) is 11.0. The molecule has 8 heteroatoms. The lowest BCUT2D eigenvalue weighted by Crippen LogP contribution is -2.37. The first-order valence-electron chi connectivity index (χ1n) is 14.6. The fraction of sp³-hybridized carbons (Fsp3) is 0.500. The predicted octanol–water partition coefficient (Wildman–Crippen LogP) is 5.63. The van der Waals surface area contributed by atoms with E-state index in [4.69, 9.17) is 14.0 Å². The van der Waals surface area contributed by atoms with Crippen molar-refractivity contribution in [3.05, 3.63) is 65.9 Å². The van der Waals surface area contributed by atoms with Crippen LogP contribution in [0.5, 0.6) is 11.5 Å². The predicted molar refractivity (Wildman–Crippen MR) is 158 cm³/mol. The number of piperidine rings is 1. The number of ether oxygens (including phenoxy) is 2. The zero-order valence-corrected chi connectivity index (χ0v) is 24.4. The van der Waals surface area contributed by atoms with Gasteiger partial charge in [-0.2, -0.15) is 0 Å². The highest BCUT2D eigenvalue weighted by atomic mass is 16.5. The Labute approximate surface area is 238 Å². The third kappa shape index (κ3) is 8.08. The van der Waals surface area contributed by atoms with Crippen LogP contribution in [-0.2, 0) is 6.54 Å². The minimum atomic E-state index is -0.0347. The number of benzene rings is 2. The standard InChI is InChI=1S/C30H38N4O4.C2H6/c1-33-16-4-6-25(33)12-15-31-30(35)23-5-3-7-28(19-23)37-27-13-17-34(18-14-27)21-24-20-29(38-32-24)22-8-10-26(36-2)11-9-22;1-2/h3,5,7-11,19-20,25,27H,4,6,12-18,21H2,1-2H3,(H,31,35);1-2H3. The van der Waals surface area contributed by atoms with Crippen LogP contribution in [0.2, 0.25) is 0 Å². The van der Waals surface area contributed by atoms with E-state index in [-0.39, 0.29) is 12.0 Å². The molecule has 2 saturated heterocycles. The summed E-state index contributed by atoms with van der Waals surface area (Å²) in [5.41, 5.74) is 2.56. The van der Waals surface area contributed by atoms with Gasteiger partial charge < -0.3 is 24.2 Å². The van der Waals surface area contributed by atoms with Crippen molar-refractivity contribution in [2.24, 2.45) is 0 Å². The average molecular weight is 549 g/mol. The molecule has 5 rings (SSSR count). The number of carbonyl (C=O) groups is 1. The van der Waals surface area contributed by atoms with Gasteiger partial charge in [0.05, 0.1) is 12.8 Å². The van der Waals surface area contributed by atoms with Crippen LogP contribution in [0.25, 0.3) is 11.3 Å². The van der Waals surface area contributed by atoms with Crippen LogP contribution in [-0.4, -0.2) is 73.3 Å². The largest absolute Gasteiger partial charge is 0.497 e. The summed E-state index contributed by atoms with van der Waals surface area (Å²) in [6.07, 6.45) is 5.45. The number of nitrogens with one attached hydrogen (secondary N) is 1. The Morgan fingerprint density at radius 1 is 1.02 bits per heavy atom. The lowest BCUT2D eigenvalue weighted by atomic mass is 10.1. The summed E-state index contributed by atoms with van der Waals surface area (Å²) in [7, 11) is 3.82. The van der Waals surface area contributed by atoms with E-state index >= 15 is 0 Å². The Bertz CT molecular complexity index is 1190. The molecule has 216 valence electrons. The van der Waals surface area contributed by atoms with Crippen molar-refractivity contribution in [3.63, 3.8) is 0 Å². The molecular weight excluding hydrogens is 504 g/mol. The van der Waals surface area contributed by atoms with Crippen LogP contribution in [0.1, 0.15) is 62.0 Å². The Morgan fingerprint density at radius 2 is 1.80 bits per heavy atom. The van der Waals surface area contributed by atoms with E-state index in [1.165, 1.54) is 12.8 Å². The van der Waals surface area contributed by atoms with Crippen molar-refractivity contribution in [3.8, 4) is 22.8 Å². The minimum absolute atomic E-state index is 0.0347. The number of hydrogen-bond donors (Lipinski definition) is 1. The lowest BCUT2D eigenvalue weighted by Gasteiger charge is -2.31. The van der Waals surface area contributed by atoms with E-state index in [1.54, 1.807) is 7.11 Å². The summed E-state index contributed by atoms with van der Waals surface area (Å²) in [6.45, 7) is 8.45. The van der Waals surface area contributed by atoms with E-state index in [9.17, 15) is 4.79 Å². The molecule has 2 aliphatic rings. The van der Waals surface area contributed by atoms with E-state index in [1.807, 2.05) is 68.4 Å². The number of nitrogens with zero attached hydrogens (tertiary/aromatic N) is 3. The molecule has 2 aliphatic heterocycles. The maximum Gasteiger partial charge on any atom is 0.251 e. The number of amides is 1. The molecule has 0 aliphatic carbocycles. The number of aromatic nitrogens is 1. The zero-order valence-electron chi connectivity index (χ0n) is 24.4. The van der Waals surface area contributed by atoms with Gasteiger partial charge >= 0.3 is 0 Å². The second kappa shape index (κ2) is 14.9. The summed E-state index contributed by atoms with van der Waals surface area (Å²) in [4.78, 5) is 17.4. The van der Waals surface area contributed by atoms with Crippen LogP contribution >= 0.6 is 0 Å². The molecule has 40 heavy (non-hydrogen) atoms. The van der Waals surface area contributed by atoms with E-state index in [2.05, 4.69) is 27.3 Å². The van der Waals surface area contributed by atoms with Crippen LogP contribution in [0.15, 0.2) is 59.1 Å². The first kappa shape index (κ1) is 29.6. The van der Waals surface area contributed by atoms with Crippen LogP contribution in [0.4, 0.5) is 0 Å². The van der Waals surface area contributed by atoms with E-state index in [0.29, 0.717) is 18.2 Å². The molecule has 0 bridgehead atoms. The second-order valence-electron chi connectivity index (χ2n) is 10.4. The third-order valence-corrected chi connectivity index (χ3v) is 7.69. The fourth-order valence-corrected chi connectivity index (χ4v) is 5.39. The molecule has 3 heterocycles. The molecule has 0 radical (unpaired) electrons. The summed E-state index contributed by atoms with van der Waals surface area (Å²) in [6, 6.07) is 17.9. The van der Waals surface area contributed by atoms with Gasteiger partial charge in [0.15, 0.2) is 5.76 Å². The SMILES string of the molecule is CC.COc1ccc(-c2cc(CN3CCC(Oc4cccc(C(=O)NCCC5CCCN5C)c4)CC3)no2)cc1. The summed E-state index contributed by atoms with van der Waals surface area (Å²) < 4.78 is 17.1. The maximum atomic E-state index is 12.7. The van der Waals surface area contributed by atoms with Crippen molar-refractivity contribution >= 4 is 5.91 Å². The van der Waals surface area contributed by atoms with Gasteiger partial charge in [-0.05, 0) is 88.2 Å². The molecule has 2 aromatic carbocycles. The molecule has 0 saturated carbocycles. The highest BCUT2D eigenvalue weighted by Gasteiger charge is 2.23. The lowest BCUT2D eigenvalue weighted by molar-refractivity contribution is 0.0929. The van der Waals surface area contributed by atoms with Gasteiger partial charge in [0.1, 0.15) is 17.6 Å². The van der Waals surface area contributed by atoms with E-state index in [0.717, 1.165) is 74.0 Å². The second-order valence-corrected chi connectivity index (χ2v) is 10.4. The Morgan fingerprint density at radius 3 is 2.50 bits per heavy atom. The molecule has 8 nitrogen and oxygen atoms in total. The monoisotopic (exact) mass is 548 g/mol. The third-order valence-electron chi connectivity index (χ3n) is 7.69. The van der Waals surface area contributed by atoms with Crippen molar-refractivity contribution in [2.45, 2.75) is 64.6 Å². The van der Waals surface area contributed by atoms with Crippen LogP contribution in [0, 0.1) is 0 Å². The molecular formula is C32H44N4O4. The van der Waals surface area contributed by atoms with Crippen molar-refractivity contribution in [1.29, 1.82) is 0 Å². The Hall–Kier alpha value is -3.36. The normalized spacial score (nSPS) is 18.1. The fourth-order valence-electron chi connectivity index (χ4n) is 5.39. The molecule has 1 atom stereocenters. The van der Waals surface area contributed by atoms with Gasteiger partial charge in [0.2, 0.25) is 0 Å². The molecule has 3 aromatic rings. The summed E-state index contributed by atoms with van der Waals surface area (Å²) >= 11 is 0.